The highest BCUT2D eigenvalue weighted by atomic mass is 79.9. The van der Waals surface area contributed by atoms with Crippen LogP contribution in [-0.2, 0) is 9.59 Å². The van der Waals surface area contributed by atoms with Gasteiger partial charge in [0.2, 0.25) is 0 Å². The Morgan fingerprint density at radius 1 is 1.03 bits per heavy atom. The van der Waals surface area contributed by atoms with E-state index < -0.39 is 17.9 Å². The largest absolute Gasteiger partial charge is 0.483 e. The quantitative estimate of drug-likeness (QED) is 0.521. The SMILES string of the molecule is CC(Oc1ccc(Cl)cc1Br)C(=O)NNC(=O)COc1cccc2ccccc12. The summed E-state index contributed by atoms with van der Waals surface area (Å²) >= 11 is 9.20. The van der Waals surface area contributed by atoms with Crippen LogP contribution in [0.2, 0.25) is 5.02 Å². The standard InChI is InChI=1S/C21H18BrClN2O4/c1-13(29-19-10-9-15(23)11-17(19)22)21(27)25-24-20(26)12-28-18-8-4-6-14-5-2-3-7-16(14)18/h2-11,13H,12H2,1H3,(H,24,26)(H,25,27). The van der Waals surface area contributed by atoms with Gasteiger partial charge in [0.25, 0.3) is 11.8 Å². The molecule has 29 heavy (non-hydrogen) atoms. The predicted octanol–water partition coefficient (Wildman–Crippen LogP) is 4.25. The first-order chi connectivity index (χ1) is 13.9. The molecule has 3 aromatic carbocycles. The molecular weight excluding hydrogens is 460 g/mol. The maximum absolute atomic E-state index is 12.1. The summed E-state index contributed by atoms with van der Waals surface area (Å²) in [5.41, 5.74) is 4.64. The van der Waals surface area contributed by atoms with Crippen molar-refractivity contribution in [2.75, 3.05) is 6.61 Å². The lowest BCUT2D eigenvalue weighted by Crippen LogP contribution is -2.48. The van der Waals surface area contributed by atoms with Crippen LogP contribution in [0.25, 0.3) is 10.8 Å². The van der Waals surface area contributed by atoms with E-state index in [0.29, 0.717) is 21.0 Å². The number of ether oxygens (including phenoxy) is 2. The third-order valence-electron chi connectivity index (χ3n) is 4.00. The first-order valence-corrected chi connectivity index (χ1v) is 9.92. The zero-order valence-electron chi connectivity index (χ0n) is 15.4. The monoisotopic (exact) mass is 476 g/mol. The summed E-state index contributed by atoms with van der Waals surface area (Å²) < 4.78 is 11.8. The fourth-order valence-corrected chi connectivity index (χ4v) is 3.32. The van der Waals surface area contributed by atoms with Gasteiger partial charge in [-0.2, -0.15) is 0 Å². The molecule has 0 aromatic heterocycles. The molecule has 2 amide bonds. The van der Waals surface area contributed by atoms with Gasteiger partial charge < -0.3 is 9.47 Å². The second-order valence-electron chi connectivity index (χ2n) is 6.14. The maximum Gasteiger partial charge on any atom is 0.279 e. The Morgan fingerprint density at radius 3 is 2.59 bits per heavy atom. The third kappa shape index (κ3) is 5.62. The van der Waals surface area contributed by atoms with Crippen molar-refractivity contribution in [1.82, 2.24) is 10.9 Å². The Balaban J connectivity index is 1.49. The molecule has 0 heterocycles. The van der Waals surface area contributed by atoms with Crippen LogP contribution in [0.3, 0.4) is 0 Å². The Labute approximate surface area is 181 Å². The molecule has 0 aliphatic carbocycles. The van der Waals surface area contributed by atoms with E-state index in [-0.39, 0.29) is 6.61 Å². The second-order valence-corrected chi connectivity index (χ2v) is 7.43. The van der Waals surface area contributed by atoms with E-state index >= 15 is 0 Å². The van der Waals surface area contributed by atoms with Gasteiger partial charge in [-0.15, -0.1) is 0 Å². The minimum absolute atomic E-state index is 0.244. The Hall–Kier alpha value is -2.77. The molecule has 0 radical (unpaired) electrons. The average Bonchev–Trinajstić information content (AvgIpc) is 2.72. The van der Waals surface area contributed by atoms with Crippen molar-refractivity contribution in [3.63, 3.8) is 0 Å². The molecular formula is C21H18BrClN2O4. The lowest BCUT2D eigenvalue weighted by atomic mass is 10.1. The van der Waals surface area contributed by atoms with Gasteiger partial charge >= 0.3 is 0 Å². The summed E-state index contributed by atoms with van der Waals surface area (Å²) in [6, 6.07) is 18.3. The highest BCUT2D eigenvalue weighted by molar-refractivity contribution is 9.10. The number of nitrogens with one attached hydrogen (secondary N) is 2. The lowest BCUT2D eigenvalue weighted by Gasteiger charge is -2.16. The van der Waals surface area contributed by atoms with Crippen LogP contribution in [0.1, 0.15) is 6.92 Å². The molecule has 0 fully saturated rings. The van der Waals surface area contributed by atoms with E-state index in [0.717, 1.165) is 10.8 Å². The number of halogens is 2. The number of carbonyl (C=O) groups excluding carboxylic acids is 2. The molecule has 2 N–H and O–H groups in total. The topological polar surface area (TPSA) is 76.7 Å². The number of carbonyl (C=O) groups is 2. The second kappa shape index (κ2) is 9.62. The van der Waals surface area contributed by atoms with E-state index in [2.05, 4.69) is 26.8 Å². The minimum Gasteiger partial charge on any atom is -0.483 e. The van der Waals surface area contributed by atoms with E-state index in [9.17, 15) is 9.59 Å². The van der Waals surface area contributed by atoms with Crippen LogP contribution in [0.5, 0.6) is 11.5 Å². The molecule has 1 atom stereocenters. The van der Waals surface area contributed by atoms with Gasteiger partial charge in [-0.05, 0) is 52.5 Å². The van der Waals surface area contributed by atoms with Gasteiger partial charge in [-0.3, -0.25) is 20.4 Å². The summed E-state index contributed by atoms with van der Waals surface area (Å²) in [6.45, 7) is 1.32. The van der Waals surface area contributed by atoms with Gasteiger partial charge in [0.05, 0.1) is 4.47 Å². The molecule has 0 saturated carbocycles. The minimum atomic E-state index is -0.841. The summed E-state index contributed by atoms with van der Waals surface area (Å²) in [4.78, 5) is 24.2. The van der Waals surface area contributed by atoms with Crippen LogP contribution in [-0.4, -0.2) is 24.5 Å². The fraction of sp³-hybridized carbons (Fsp3) is 0.143. The molecule has 0 aliphatic rings. The predicted molar refractivity (Wildman–Crippen MR) is 115 cm³/mol. The molecule has 6 nitrogen and oxygen atoms in total. The van der Waals surface area contributed by atoms with Crippen molar-refractivity contribution in [2.24, 2.45) is 0 Å². The highest BCUT2D eigenvalue weighted by Gasteiger charge is 2.17. The highest BCUT2D eigenvalue weighted by Crippen LogP contribution is 2.28. The first-order valence-electron chi connectivity index (χ1n) is 8.75. The maximum atomic E-state index is 12.1. The zero-order valence-corrected chi connectivity index (χ0v) is 17.8. The molecule has 3 aromatic rings. The normalized spacial score (nSPS) is 11.6. The lowest BCUT2D eigenvalue weighted by molar-refractivity contribution is -0.133. The molecule has 0 spiro atoms. The van der Waals surface area contributed by atoms with Crippen LogP contribution >= 0.6 is 27.5 Å². The van der Waals surface area contributed by atoms with E-state index in [1.54, 1.807) is 31.2 Å². The molecule has 8 heteroatoms. The molecule has 0 saturated heterocycles. The first kappa shape index (κ1) is 21.0. The molecule has 150 valence electrons. The number of amides is 2. The summed E-state index contributed by atoms with van der Waals surface area (Å²) in [6.07, 6.45) is -0.841. The van der Waals surface area contributed by atoms with Gasteiger partial charge in [0, 0.05) is 10.4 Å². The Bertz CT molecular complexity index is 1040. The average molecular weight is 478 g/mol. The van der Waals surface area contributed by atoms with E-state index in [1.807, 2.05) is 36.4 Å². The Morgan fingerprint density at radius 2 is 1.79 bits per heavy atom. The van der Waals surface area contributed by atoms with E-state index in [4.69, 9.17) is 21.1 Å². The van der Waals surface area contributed by atoms with Crippen LogP contribution in [0.15, 0.2) is 65.1 Å². The molecule has 3 rings (SSSR count). The molecule has 1 unspecified atom stereocenters. The van der Waals surface area contributed by atoms with Crippen LogP contribution < -0.4 is 20.3 Å². The van der Waals surface area contributed by atoms with Crippen molar-refractivity contribution < 1.29 is 19.1 Å². The van der Waals surface area contributed by atoms with Crippen molar-refractivity contribution in [3.8, 4) is 11.5 Å². The van der Waals surface area contributed by atoms with Crippen LogP contribution in [0, 0.1) is 0 Å². The number of rotatable bonds is 6. The zero-order chi connectivity index (χ0) is 20.8. The van der Waals surface area contributed by atoms with Crippen molar-refractivity contribution in [2.45, 2.75) is 13.0 Å². The third-order valence-corrected chi connectivity index (χ3v) is 4.86. The van der Waals surface area contributed by atoms with Gasteiger partial charge in [0.15, 0.2) is 12.7 Å². The molecule has 0 aliphatic heterocycles. The summed E-state index contributed by atoms with van der Waals surface area (Å²) in [5.74, 6) is 0.0491. The number of hydrogen-bond acceptors (Lipinski definition) is 4. The smallest absolute Gasteiger partial charge is 0.279 e. The number of benzene rings is 3. The van der Waals surface area contributed by atoms with Gasteiger partial charge in [0.1, 0.15) is 11.5 Å². The van der Waals surface area contributed by atoms with E-state index in [1.165, 1.54) is 0 Å². The number of hydrazine groups is 1. The van der Waals surface area contributed by atoms with Crippen molar-refractivity contribution >= 4 is 50.1 Å². The Kier molecular flexibility index (Phi) is 6.95. The van der Waals surface area contributed by atoms with Crippen LogP contribution in [0.4, 0.5) is 0 Å². The van der Waals surface area contributed by atoms with Crippen molar-refractivity contribution in [3.05, 3.63) is 70.2 Å². The summed E-state index contributed by atoms with van der Waals surface area (Å²) in [5, 5.41) is 2.46. The van der Waals surface area contributed by atoms with Gasteiger partial charge in [-0.25, -0.2) is 0 Å². The van der Waals surface area contributed by atoms with Gasteiger partial charge in [-0.1, -0.05) is 48.0 Å². The number of fused-ring (bicyclic) bond motifs is 1. The number of hydrogen-bond donors (Lipinski definition) is 2. The fourth-order valence-electron chi connectivity index (χ4n) is 2.55. The molecule has 0 bridgehead atoms. The summed E-state index contributed by atoms with van der Waals surface area (Å²) in [7, 11) is 0. The van der Waals surface area contributed by atoms with Crippen molar-refractivity contribution in [1.29, 1.82) is 0 Å².